The summed E-state index contributed by atoms with van der Waals surface area (Å²) in [5.74, 6) is 0.440. The lowest BCUT2D eigenvalue weighted by atomic mass is 10.1. The van der Waals surface area contributed by atoms with Crippen molar-refractivity contribution in [3.63, 3.8) is 0 Å². The summed E-state index contributed by atoms with van der Waals surface area (Å²) in [5.41, 5.74) is 2.98. The number of hydrogen-bond acceptors (Lipinski definition) is 8. The van der Waals surface area contributed by atoms with Gasteiger partial charge in [0.1, 0.15) is 24.2 Å². The highest BCUT2D eigenvalue weighted by molar-refractivity contribution is 9.10. The van der Waals surface area contributed by atoms with Crippen molar-refractivity contribution >= 4 is 44.5 Å². The van der Waals surface area contributed by atoms with Crippen LogP contribution in [0.2, 0.25) is 0 Å². The van der Waals surface area contributed by atoms with Crippen LogP contribution < -0.4 is 20.3 Å². The molecule has 37 heavy (non-hydrogen) atoms. The summed E-state index contributed by atoms with van der Waals surface area (Å²) in [5, 5.41) is 24.1. The Bertz CT molecular complexity index is 1190. The fraction of sp³-hybridized carbons (Fsp3) is 0.259. The van der Waals surface area contributed by atoms with E-state index in [1.165, 1.54) is 12.1 Å². The largest absolute Gasteiger partial charge is 0.508 e. The van der Waals surface area contributed by atoms with E-state index in [1.54, 1.807) is 12.1 Å². The lowest BCUT2D eigenvalue weighted by Crippen LogP contribution is -2.39. The standard InChI is InChI=1S/C27H28BrN3O5S/c28-20-5-1-19(2-6-20)16-31(26-25(34)30-27(35)37-26)21-7-3-18(4-8-21)13-14-29-15-23(33)17-36-24-11-9-22(32)10-12-24/h1-12,23,26,29,32-33H,13-17H2,(H,30,34,35)/t23-,26?/m0/s1. The fourth-order valence-electron chi connectivity index (χ4n) is 3.80. The fourth-order valence-corrected chi connectivity index (χ4v) is 4.91. The number of aromatic hydroxyl groups is 1. The van der Waals surface area contributed by atoms with Crippen molar-refractivity contribution < 1.29 is 24.5 Å². The molecule has 0 radical (unpaired) electrons. The molecule has 0 spiro atoms. The maximum atomic E-state index is 12.4. The molecule has 0 aromatic heterocycles. The molecule has 3 aromatic carbocycles. The highest BCUT2D eigenvalue weighted by Gasteiger charge is 2.36. The van der Waals surface area contributed by atoms with Crippen molar-refractivity contribution in [1.29, 1.82) is 0 Å². The number of amides is 2. The number of nitrogens with one attached hydrogen (secondary N) is 2. The maximum absolute atomic E-state index is 12.4. The van der Waals surface area contributed by atoms with Crippen LogP contribution >= 0.6 is 27.7 Å². The average Bonchev–Trinajstić information content (AvgIpc) is 3.23. The number of rotatable bonds is 12. The monoisotopic (exact) mass is 585 g/mol. The zero-order chi connectivity index (χ0) is 26.2. The zero-order valence-corrected chi connectivity index (χ0v) is 22.4. The Morgan fingerprint density at radius 1 is 1.00 bits per heavy atom. The Balaban J connectivity index is 1.29. The lowest BCUT2D eigenvalue weighted by Gasteiger charge is -2.28. The molecule has 1 aliphatic rings. The number of aliphatic hydroxyl groups excluding tert-OH is 1. The number of anilines is 1. The molecule has 4 N–H and O–H groups in total. The van der Waals surface area contributed by atoms with Crippen molar-refractivity contribution in [1.82, 2.24) is 10.6 Å². The minimum absolute atomic E-state index is 0.149. The summed E-state index contributed by atoms with van der Waals surface area (Å²) in [7, 11) is 0. The molecule has 2 atom stereocenters. The predicted molar refractivity (Wildman–Crippen MR) is 148 cm³/mol. The SMILES string of the molecule is O=C1NC(=O)C(N(Cc2ccc(Br)cc2)c2ccc(CCNC[C@H](O)COc3ccc(O)cc3)cc2)S1. The van der Waals surface area contributed by atoms with Gasteiger partial charge in [-0.2, -0.15) is 0 Å². The summed E-state index contributed by atoms with van der Waals surface area (Å²) in [6, 6.07) is 22.2. The van der Waals surface area contributed by atoms with E-state index in [0.29, 0.717) is 25.4 Å². The van der Waals surface area contributed by atoms with Gasteiger partial charge in [-0.15, -0.1) is 0 Å². The van der Waals surface area contributed by atoms with Gasteiger partial charge < -0.3 is 25.2 Å². The molecule has 4 rings (SSSR count). The van der Waals surface area contributed by atoms with Crippen LogP contribution in [-0.2, 0) is 17.8 Å². The second kappa shape index (κ2) is 13.0. The molecule has 10 heteroatoms. The molecule has 2 amide bonds. The van der Waals surface area contributed by atoms with Crippen LogP contribution in [0.15, 0.2) is 77.3 Å². The van der Waals surface area contributed by atoms with Crippen LogP contribution in [0, 0.1) is 0 Å². The number of aliphatic hydroxyl groups is 1. The number of benzene rings is 3. The van der Waals surface area contributed by atoms with Gasteiger partial charge in [0.2, 0.25) is 0 Å². The van der Waals surface area contributed by atoms with Gasteiger partial charge in [0, 0.05) is 23.2 Å². The van der Waals surface area contributed by atoms with E-state index in [1.807, 2.05) is 53.4 Å². The molecule has 1 saturated heterocycles. The number of nitrogens with zero attached hydrogens (tertiary/aromatic N) is 1. The van der Waals surface area contributed by atoms with Crippen LogP contribution in [-0.4, -0.2) is 52.5 Å². The normalized spacial score (nSPS) is 15.9. The van der Waals surface area contributed by atoms with Crippen LogP contribution in [0.1, 0.15) is 11.1 Å². The lowest BCUT2D eigenvalue weighted by molar-refractivity contribution is -0.119. The molecule has 1 fully saturated rings. The summed E-state index contributed by atoms with van der Waals surface area (Å²) >= 11 is 4.43. The first-order valence-electron chi connectivity index (χ1n) is 11.8. The molecule has 1 unspecified atom stereocenters. The number of imide groups is 1. The first kappa shape index (κ1) is 27.0. The number of halogens is 1. The second-order valence-electron chi connectivity index (χ2n) is 8.58. The summed E-state index contributed by atoms with van der Waals surface area (Å²) in [6.45, 7) is 1.69. The van der Waals surface area contributed by atoms with Crippen LogP contribution in [0.4, 0.5) is 10.5 Å². The topological polar surface area (TPSA) is 111 Å². The van der Waals surface area contributed by atoms with E-state index in [2.05, 4.69) is 26.6 Å². The van der Waals surface area contributed by atoms with E-state index < -0.39 is 11.5 Å². The van der Waals surface area contributed by atoms with E-state index in [9.17, 15) is 19.8 Å². The van der Waals surface area contributed by atoms with Crippen molar-refractivity contribution in [2.75, 3.05) is 24.6 Å². The van der Waals surface area contributed by atoms with Crippen LogP contribution in [0.5, 0.6) is 11.5 Å². The third-order valence-corrected chi connectivity index (χ3v) is 7.27. The van der Waals surface area contributed by atoms with Crippen molar-refractivity contribution in [2.45, 2.75) is 24.4 Å². The Morgan fingerprint density at radius 2 is 1.68 bits per heavy atom. The van der Waals surface area contributed by atoms with Crippen molar-refractivity contribution in [3.8, 4) is 11.5 Å². The smallest absolute Gasteiger partial charge is 0.288 e. The molecule has 194 valence electrons. The molecule has 1 aliphatic heterocycles. The number of carbonyl (C=O) groups excluding carboxylic acids is 2. The van der Waals surface area contributed by atoms with E-state index in [0.717, 1.165) is 39.5 Å². The Labute approximate surface area is 228 Å². The molecular weight excluding hydrogens is 558 g/mol. The number of carbonyl (C=O) groups is 2. The van der Waals surface area contributed by atoms with Gasteiger partial charge in [-0.05, 0) is 84.4 Å². The maximum Gasteiger partial charge on any atom is 0.288 e. The zero-order valence-electron chi connectivity index (χ0n) is 20.0. The number of ether oxygens (including phenoxy) is 1. The first-order valence-corrected chi connectivity index (χ1v) is 13.5. The highest BCUT2D eigenvalue weighted by atomic mass is 79.9. The highest BCUT2D eigenvalue weighted by Crippen LogP contribution is 2.30. The molecule has 1 heterocycles. The minimum Gasteiger partial charge on any atom is -0.508 e. The van der Waals surface area contributed by atoms with Gasteiger partial charge >= 0.3 is 0 Å². The van der Waals surface area contributed by atoms with Gasteiger partial charge in [-0.3, -0.25) is 14.9 Å². The van der Waals surface area contributed by atoms with Gasteiger partial charge in [0.15, 0.2) is 5.37 Å². The van der Waals surface area contributed by atoms with Gasteiger partial charge in [0.25, 0.3) is 11.1 Å². The average molecular weight is 587 g/mol. The summed E-state index contributed by atoms with van der Waals surface area (Å²) in [4.78, 5) is 26.2. The number of hydrogen-bond donors (Lipinski definition) is 4. The second-order valence-corrected chi connectivity index (χ2v) is 10.5. The molecule has 0 aliphatic carbocycles. The number of phenolic OH excluding ortho intramolecular Hbond substituents is 1. The molecule has 0 bridgehead atoms. The predicted octanol–water partition coefficient (Wildman–Crippen LogP) is 4.04. The van der Waals surface area contributed by atoms with E-state index >= 15 is 0 Å². The summed E-state index contributed by atoms with van der Waals surface area (Å²) in [6.07, 6.45) is 0.0940. The van der Waals surface area contributed by atoms with E-state index in [4.69, 9.17) is 4.74 Å². The third kappa shape index (κ3) is 7.96. The van der Waals surface area contributed by atoms with Gasteiger partial charge in [-0.1, -0.05) is 40.2 Å². The Hall–Kier alpha value is -3.05. The van der Waals surface area contributed by atoms with Crippen LogP contribution in [0.25, 0.3) is 0 Å². The van der Waals surface area contributed by atoms with E-state index in [-0.39, 0.29) is 23.5 Å². The number of thioether (sulfide) groups is 1. The quantitative estimate of drug-likeness (QED) is 0.236. The molecule has 8 nitrogen and oxygen atoms in total. The van der Waals surface area contributed by atoms with Gasteiger partial charge in [-0.25, -0.2) is 0 Å². The van der Waals surface area contributed by atoms with Gasteiger partial charge in [0.05, 0.1) is 0 Å². The molecule has 0 saturated carbocycles. The van der Waals surface area contributed by atoms with Crippen LogP contribution in [0.3, 0.4) is 0 Å². The molecule has 3 aromatic rings. The Morgan fingerprint density at radius 3 is 2.32 bits per heavy atom. The Kier molecular flexibility index (Phi) is 9.45. The van der Waals surface area contributed by atoms with Crippen molar-refractivity contribution in [2.24, 2.45) is 0 Å². The minimum atomic E-state index is -0.666. The first-order chi connectivity index (χ1) is 17.9. The summed E-state index contributed by atoms with van der Waals surface area (Å²) < 4.78 is 6.49. The third-order valence-electron chi connectivity index (χ3n) is 5.73. The molecular formula is C27H28BrN3O5S. The number of phenols is 1. The van der Waals surface area contributed by atoms with Crippen molar-refractivity contribution in [3.05, 3.63) is 88.4 Å².